The third-order valence-corrected chi connectivity index (χ3v) is 2.32. The molecule has 17 heavy (non-hydrogen) atoms. The molecule has 1 aromatic carbocycles. The molecular formula is C13H15NO3. The standard InChI is InChI=1S/C13H15NO3/c1-10(7-8-14)13(16)17-9-12(15)11-5-3-2-4-6-11/h2-6,8,10,14H,7,9H2,1H3. The molecule has 0 saturated heterocycles. The summed E-state index contributed by atoms with van der Waals surface area (Å²) < 4.78 is 4.88. The number of hydrogen-bond acceptors (Lipinski definition) is 4. The van der Waals surface area contributed by atoms with Crippen molar-refractivity contribution in [3.05, 3.63) is 35.9 Å². The second-order valence-corrected chi connectivity index (χ2v) is 3.74. The van der Waals surface area contributed by atoms with E-state index in [-0.39, 0.29) is 18.3 Å². The number of Topliss-reactive ketones (excluding diaryl/α,β-unsaturated/α-hetero) is 1. The first-order valence-electron chi connectivity index (χ1n) is 5.39. The summed E-state index contributed by atoms with van der Waals surface area (Å²) in [4.78, 5) is 23.0. The fourth-order valence-electron chi connectivity index (χ4n) is 1.26. The Bertz CT molecular complexity index is 400. The highest BCUT2D eigenvalue weighted by molar-refractivity contribution is 5.98. The van der Waals surface area contributed by atoms with Crippen LogP contribution < -0.4 is 0 Å². The van der Waals surface area contributed by atoms with E-state index in [2.05, 4.69) is 0 Å². The Morgan fingerprint density at radius 3 is 2.59 bits per heavy atom. The normalized spacial score (nSPS) is 11.6. The maximum absolute atomic E-state index is 11.6. The van der Waals surface area contributed by atoms with Gasteiger partial charge in [-0.25, -0.2) is 0 Å². The number of carbonyl (C=O) groups excluding carboxylic acids is 2. The van der Waals surface area contributed by atoms with E-state index in [1.165, 1.54) is 0 Å². The van der Waals surface area contributed by atoms with Gasteiger partial charge < -0.3 is 10.1 Å². The van der Waals surface area contributed by atoms with Crippen LogP contribution in [0.25, 0.3) is 0 Å². The van der Waals surface area contributed by atoms with E-state index < -0.39 is 5.97 Å². The number of hydrogen-bond donors (Lipinski definition) is 1. The Labute approximate surface area is 100 Å². The summed E-state index contributed by atoms with van der Waals surface area (Å²) in [5, 5.41) is 6.88. The van der Waals surface area contributed by atoms with Crippen LogP contribution in [0.4, 0.5) is 0 Å². The van der Waals surface area contributed by atoms with Gasteiger partial charge in [0.05, 0.1) is 5.92 Å². The molecule has 1 rings (SSSR count). The number of benzene rings is 1. The lowest BCUT2D eigenvalue weighted by Gasteiger charge is -2.08. The van der Waals surface area contributed by atoms with Crippen molar-refractivity contribution in [3.63, 3.8) is 0 Å². The molecule has 0 spiro atoms. The van der Waals surface area contributed by atoms with Crippen LogP contribution >= 0.6 is 0 Å². The molecule has 0 aromatic heterocycles. The SMILES string of the molecule is CC(CC=N)C(=O)OCC(=O)c1ccccc1. The third-order valence-electron chi connectivity index (χ3n) is 2.32. The smallest absolute Gasteiger partial charge is 0.309 e. The second kappa shape index (κ2) is 6.58. The van der Waals surface area contributed by atoms with Gasteiger partial charge in [0.25, 0.3) is 0 Å². The molecule has 90 valence electrons. The first-order chi connectivity index (χ1) is 8.15. The van der Waals surface area contributed by atoms with Crippen molar-refractivity contribution < 1.29 is 14.3 Å². The zero-order valence-corrected chi connectivity index (χ0v) is 9.68. The summed E-state index contributed by atoms with van der Waals surface area (Å²) in [6, 6.07) is 8.68. The number of rotatable bonds is 6. The van der Waals surface area contributed by atoms with Crippen molar-refractivity contribution >= 4 is 18.0 Å². The molecule has 0 heterocycles. The maximum Gasteiger partial charge on any atom is 0.309 e. The minimum Gasteiger partial charge on any atom is -0.457 e. The van der Waals surface area contributed by atoms with E-state index in [9.17, 15) is 9.59 Å². The Morgan fingerprint density at radius 1 is 1.35 bits per heavy atom. The Morgan fingerprint density at radius 2 is 2.00 bits per heavy atom. The van der Waals surface area contributed by atoms with Gasteiger partial charge in [-0.3, -0.25) is 9.59 Å². The van der Waals surface area contributed by atoms with E-state index in [1.54, 1.807) is 31.2 Å². The molecule has 1 atom stereocenters. The first-order valence-corrected chi connectivity index (χ1v) is 5.39. The van der Waals surface area contributed by atoms with Gasteiger partial charge in [0.15, 0.2) is 12.4 Å². The molecule has 1 N–H and O–H groups in total. The summed E-state index contributed by atoms with van der Waals surface area (Å²) >= 11 is 0. The Hall–Kier alpha value is -1.97. The molecule has 0 fully saturated rings. The van der Waals surface area contributed by atoms with Crippen molar-refractivity contribution in [1.29, 1.82) is 5.41 Å². The lowest BCUT2D eigenvalue weighted by atomic mass is 10.1. The Kier molecular flexibility index (Phi) is 5.07. The van der Waals surface area contributed by atoms with Crippen LogP contribution in [0.1, 0.15) is 23.7 Å². The number of esters is 1. The van der Waals surface area contributed by atoms with Gasteiger partial charge in [0, 0.05) is 5.56 Å². The summed E-state index contributed by atoms with van der Waals surface area (Å²) in [6.45, 7) is 1.42. The van der Waals surface area contributed by atoms with Gasteiger partial charge >= 0.3 is 5.97 Å². The van der Waals surface area contributed by atoms with Gasteiger partial charge in [-0.1, -0.05) is 37.3 Å². The quantitative estimate of drug-likeness (QED) is 0.464. The monoisotopic (exact) mass is 233 g/mol. The predicted molar refractivity (Wildman–Crippen MR) is 64.3 cm³/mol. The van der Waals surface area contributed by atoms with E-state index in [0.29, 0.717) is 12.0 Å². The third kappa shape index (κ3) is 4.18. The van der Waals surface area contributed by atoms with Gasteiger partial charge in [-0.15, -0.1) is 0 Å². The van der Waals surface area contributed by atoms with Crippen molar-refractivity contribution in [3.8, 4) is 0 Å². The molecule has 1 unspecified atom stereocenters. The summed E-state index contributed by atoms with van der Waals surface area (Å²) in [6.07, 6.45) is 1.49. The van der Waals surface area contributed by atoms with E-state index in [4.69, 9.17) is 10.1 Å². The highest BCUT2D eigenvalue weighted by atomic mass is 16.5. The van der Waals surface area contributed by atoms with Crippen molar-refractivity contribution in [2.45, 2.75) is 13.3 Å². The van der Waals surface area contributed by atoms with Crippen LogP contribution in [-0.4, -0.2) is 24.6 Å². The molecule has 0 aliphatic heterocycles. The molecular weight excluding hydrogens is 218 g/mol. The first kappa shape index (κ1) is 13.1. The molecule has 0 radical (unpaired) electrons. The number of nitrogens with one attached hydrogen (secondary N) is 1. The maximum atomic E-state index is 11.6. The van der Waals surface area contributed by atoms with Crippen LogP contribution in [0.3, 0.4) is 0 Å². The number of carbonyl (C=O) groups is 2. The van der Waals surface area contributed by atoms with Gasteiger partial charge in [-0.05, 0) is 12.6 Å². The minimum absolute atomic E-state index is 0.221. The number of ketones is 1. The van der Waals surface area contributed by atoms with Crippen LogP contribution in [0.5, 0.6) is 0 Å². The fourth-order valence-corrected chi connectivity index (χ4v) is 1.26. The van der Waals surface area contributed by atoms with Gasteiger partial charge in [0.2, 0.25) is 0 Å². The average molecular weight is 233 g/mol. The molecule has 0 aliphatic carbocycles. The molecule has 4 nitrogen and oxygen atoms in total. The topological polar surface area (TPSA) is 67.2 Å². The predicted octanol–water partition coefficient (Wildman–Crippen LogP) is 2.09. The van der Waals surface area contributed by atoms with Crippen molar-refractivity contribution in [2.75, 3.05) is 6.61 Å². The van der Waals surface area contributed by atoms with E-state index in [1.807, 2.05) is 6.07 Å². The van der Waals surface area contributed by atoms with E-state index >= 15 is 0 Å². The fraction of sp³-hybridized carbons (Fsp3) is 0.308. The van der Waals surface area contributed by atoms with Gasteiger partial charge in [-0.2, -0.15) is 0 Å². The summed E-state index contributed by atoms with van der Waals surface area (Å²) in [7, 11) is 0. The van der Waals surface area contributed by atoms with E-state index in [0.717, 1.165) is 6.21 Å². The molecule has 1 aromatic rings. The van der Waals surface area contributed by atoms with Gasteiger partial charge in [0.1, 0.15) is 0 Å². The molecule has 0 aliphatic rings. The van der Waals surface area contributed by atoms with Crippen molar-refractivity contribution in [2.24, 2.45) is 5.92 Å². The average Bonchev–Trinajstić information content (AvgIpc) is 2.36. The zero-order valence-electron chi connectivity index (χ0n) is 9.68. The highest BCUT2D eigenvalue weighted by Gasteiger charge is 2.15. The molecule has 0 amide bonds. The lowest BCUT2D eigenvalue weighted by Crippen LogP contribution is -2.19. The second-order valence-electron chi connectivity index (χ2n) is 3.74. The lowest BCUT2D eigenvalue weighted by molar-refractivity contribution is -0.146. The number of ether oxygens (including phenoxy) is 1. The minimum atomic E-state index is -0.446. The largest absolute Gasteiger partial charge is 0.457 e. The zero-order chi connectivity index (χ0) is 12.7. The molecule has 0 bridgehead atoms. The van der Waals surface area contributed by atoms with Crippen LogP contribution in [0.2, 0.25) is 0 Å². The van der Waals surface area contributed by atoms with Crippen LogP contribution in [0, 0.1) is 11.3 Å². The highest BCUT2D eigenvalue weighted by Crippen LogP contribution is 2.04. The summed E-state index contributed by atoms with van der Waals surface area (Å²) in [5.74, 6) is -1.05. The molecule has 4 heteroatoms. The molecule has 0 saturated carbocycles. The van der Waals surface area contributed by atoms with Crippen LogP contribution in [0.15, 0.2) is 30.3 Å². The van der Waals surface area contributed by atoms with Crippen LogP contribution in [-0.2, 0) is 9.53 Å². The Balaban J connectivity index is 2.44. The summed E-state index contributed by atoms with van der Waals surface area (Å²) in [5.41, 5.74) is 0.528. The van der Waals surface area contributed by atoms with Crippen molar-refractivity contribution in [1.82, 2.24) is 0 Å².